The molecule has 2 rings (SSSR count). The van der Waals surface area contributed by atoms with Crippen LogP contribution in [-0.4, -0.2) is 19.0 Å². The van der Waals surface area contributed by atoms with Crippen LogP contribution in [0.25, 0.3) is 6.08 Å². The molecule has 1 heterocycles. The Morgan fingerprint density at radius 3 is 2.80 bits per heavy atom. The zero-order valence-electron chi connectivity index (χ0n) is 8.48. The number of ether oxygens (including phenoxy) is 2. The lowest BCUT2D eigenvalue weighted by atomic mass is 10.2. The molecule has 0 bridgehead atoms. The van der Waals surface area contributed by atoms with Crippen molar-refractivity contribution in [1.82, 2.24) is 0 Å². The minimum Gasteiger partial charge on any atom is -0.490 e. The molecule has 1 aliphatic heterocycles. The summed E-state index contributed by atoms with van der Waals surface area (Å²) < 4.78 is 11.1. The predicted molar refractivity (Wildman–Crippen MR) is 64.9 cm³/mol. The van der Waals surface area contributed by atoms with E-state index in [1.165, 1.54) is 0 Å². The van der Waals surface area contributed by atoms with Gasteiger partial charge in [-0.3, -0.25) is 0 Å². The highest BCUT2D eigenvalue weighted by Gasteiger charge is 2.09. The third kappa shape index (κ3) is 2.69. The first kappa shape index (κ1) is 10.4. The second-order valence-electron chi connectivity index (χ2n) is 3.34. The van der Waals surface area contributed by atoms with Crippen LogP contribution in [0.4, 0.5) is 0 Å². The van der Waals surface area contributed by atoms with Gasteiger partial charge < -0.3 is 9.47 Å². The summed E-state index contributed by atoms with van der Waals surface area (Å²) in [5.74, 6) is 2.43. The molecule has 1 aromatic rings. The standard InChI is InChI=1S/C12H14O2S/c15-8-1-3-10-4-5-11-12(9-10)14-7-2-6-13-11/h1,3-5,9,15H,2,6-8H2. The van der Waals surface area contributed by atoms with Crippen molar-refractivity contribution in [3.63, 3.8) is 0 Å². The van der Waals surface area contributed by atoms with Gasteiger partial charge in [-0.05, 0) is 17.7 Å². The summed E-state index contributed by atoms with van der Waals surface area (Å²) in [6.07, 6.45) is 4.97. The number of rotatable bonds is 2. The van der Waals surface area contributed by atoms with Gasteiger partial charge >= 0.3 is 0 Å². The van der Waals surface area contributed by atoms with E-state index in [2.05, 4.69) is 12.6 Å². The molecule has 0 N–H and O–H groups in total. The van der Waals surface area contributed by atoms with E-state index in [-0.39, 0.29) is 0 Å². The molecule has 1 aliphatic rings. The lowest BCUT2D eigenvalue weighted by molar-refractivity contribution is 0.297. The van der Waals surface area contributed by atoms with Gasteiger partial charge in [-0.25, -0.2) is 0 Å². The summed E-state index contributed by atoms with van der Waals surface area (Å²) in [5, 5.41) is 0. The molecule has 15 heavy (non-hydrogen) atoms. The van der Waals surface area contributed by atoms with Crippen LogP contribution in [0.3, 0.4) is 0 Å². The molecule has 0 atom stereocenters. The van der Waals surface area contributed by atoms with Crippen LogP contribution < -0.4 is 9.47 Å². The fraction of sp³-hybridized carbons (Fsp3) is 0.333. The van der Waals surface area contributed by atoms with Gasteiger partial charge in [0, 0.05) is 12.2 Å². The maximum atomic E-state index is 5.59. The number of hydrogen-bond acceptors (Lipinski definition) is 3. The van der Waals surface area contributed by atoms with Crippen LogP contribution in [0.2, 0.25) is 0 Å². The van der Waals surface area contributed by atoms with E-state index < -0.39 is 0 Å². The Morgan fingerprint density at radius 1 is 1.20 bits per heavy atom. The van der Waals surface area contributed by atoms with Crippen molar-refractivity contribution >= 4 is 18.7 Å². The molecular weight excluding hydrogens is 208 g/mol. The van der Waals surface area contributed by atoms with Crippen molar-refractivity contribution < 1.29 is 9.47 Å². The molecule has 0 aliphatic carbocycles. The molecule has 3 heteroatoms. The second-order valence-corrected chi connectivity index (χ2v) is 3.71. The first-order valence-electron chi connectivity index (χ1n) is 5.07. The van der Waals surface area contributed by atoms with E-state index in [1.54, 1.807) is 0 Å². The highest BCUT2D eigenvalue weighted by atomic mass is 32.1. The zero-order valence-corrected chi connectivity index (χ0v) is 9.37. The fourth-order valence-corrected chi connectivity index (χ4v) is 1.58. The minimum atomic E-state index is 0.729. The Bertz CT molecular complexity index is 361. The Labute approximate surface area is 95.3 Å². The molecule has 0 saturated carbocycles. The summed E-state index contributed by atoms with van der Waals surface area (Å²) in [4.78, 5) is 0. The lowest BCUT2D eigenvalue weighted by Crippen LogP contribution is -1.97. The van der Waals surface area contributed by atoms with Crippen molar-refractivity contribution in [3.05, 3.63) is 29.8 Å². The van der Waals surface area contributed by atoms with Gasteiger partial charge in [0.1, 0.15) is 0 Å². The van der Waals surface area contributed by atoms with Crippen LogP contribution in [0.5, 0.6) is 11.5 Å². The maximum absolute atomic E-state index is 5.59. The molecular formula is C12H14O2S. The van der Waals surface area contributed by atoms with Gasteiger partial charge in [0.25, 0.3) is 0 Å². The third-order valence-electron chi connectivity index (χ3n) is 2.19. The maximum Gasteiger partial charge on any atom is 0.161 e. The highest BCUT2D eigenvalue weighted by Crippen LogP contribution is 2.30. The van der Waals surface area contributed by atoms with E-state index in [1.807, 2.05) is 30.4 Å². The summed E-state index contributed by atoms with van der Waals surface area (Å²) in [7, 11) is 0. The average molecular weight is 222 g/mol. The van der Waals surface area contributed by atoms with Crippen LogP contribution in [0, 0.1) is 0 Å². The molecule has 0 spiro atoms. The van der Waals surface area contributed by atoms with Crippen LogP contribution >= 0.6 is 12.6 Å². The van der Waals surface area contributed by atoms with E-state index in [0.717, 1.165) is 42.4 Å². The monoisotopic (exact) mass is 222 g/mol. The van der Waals surface area contributed by atoms with Crippen molar-refractivity contribution in [2.45, 2.75) is 6.42 Å². The average Bonchev–Trinajstić information content (AvgIpc) is 2.50. The third-order valence-corrected chi connectivity index (χ3v) is 2.40. The number of fused-ring (bicyclic) bond motifs is 1. The number of benzene rings is 1. The Balaban J connectivity index is 2.23. The Hall–Kier alpha value is -1.09. The van der Waals surface area contributed by atoms with Crippen molar-refractivity contribution in [1.29, 1.82) is 0 Å². The van der Waals surface area contributed by atoms with E-state index in [9.17, 15) is 0 Å². The number of hydrogen-bond donors (Lipinski definition) is 1. The topological polar surface area (TPSA) is 18.5 Å². The lowest BCUT2D eigenvalue weighted by Gasteiger charge is -2.07. The van der Waals surface area contributed by atoms with Gasteiger partial charge in [-0.2, -0.15) is 12.6 Å². The van der Waals surface area contributed by atoms with Crippen LogP contribution in [-0.2, 0) is 0 Å². The second kappa shape index (κ2) is 5.12. The predicted octanol–water partition coefficient (Wildman–Crippen LogP) is 2.79. The van der Waals surface area contributed by atoms with Crippen LogP contribution in [0.1, 0.15) is 12.0 Å². The van der Waals surface area contributed by atoms with Gasteiger partial charge in [0.15, 0.2) is 11.5 Å². The number of thiol groups is 1. The SMILES string of the molecule is SCC=Cc1ccc2c(c1)OCCCO2. The summed E-state index contributed by atoms with van der Waals surface area (Å²) in [6.45, 7) is 1.46. The molecule has 0 amide bonds. The molecule has 2 nitrogen and oxygen atoms in total. The molecule has 0 saturated heterocycles. The summed E-state index contributed by atoms with van der Waals surface area (Å²) in [5.41, 5.74) is 1.12. The van der Waals surface area contributed by atoms with Crippen molar-refractivity contribution in [2.24, 2.45) is 0 Å². The van der Waals surface area contributed by atoms with Gasteiger partial charge in [0.2, 0.25) is 0 Å². The molecule has 1 aromatic carbocycles. The summed E-state index contributed by atoms with van der Waals surface area (Å²) >= 11 is 4.12. The molecule has 0 unspecified atom stereocenters. The van der Waals surface area contributed by atoms with E-state index >= 15 is 0 Å². The first-order valence-corrected chi connectivity index (χ1v) is 5.70. The molecule has 0 radical (unpaired) electrons. The highest BCUT2D eigenvalue weighted by molar-refractivity contribution is 7.80. The molecule has 80 valence electrons. The Kier molecular flexibility index (Phi) is 3.56. The smallest absolute Gasteiger partial charge is 0.161 e. The van der Waals surface area contributed by atoms with E-state index in [4.69, 9.17) is 9.47 Å². The van der Waals surface area contributed by atoms with Crippen molar-refractivity contribution in [3.8, 4) is 11.5 Å². The van der Waals surface area contributed by atoms with Gasteiger partial charge in [-0.1, -0.05) is 18.2 Å². The minimum absolute atomic E-state index is 0.729. The first-order chi connectivity index (χ1) is 7.40. The summed E-state index contributed by atoms with van der Waals surface area (Å²) in [6, 6.07) is 5.98. The normalized spacial score (nSPS) is 15.3. The van der Waals surface area contributed by atoms with Gasteiger partial charge in [0.05, 0.1) is 13.2 Å². The Morgan fingerprint density at radius 2 is 2.00 bits per heavy atom. The zero-order chi connectivity index (χ0) is 10.5. The largest absolute Gasteiger partial charge is 0.490 e. The van der Waals surface area contributed by atoms with E-state index in [0.29, 0.717) is 0 Å². The van der Waals surface area contributed by atoms with Crippen LogP contribution in [0.15, 0.2) is 24.3 Å². The molecule has 0 aromatic heterocycles. The quantitative estimate of drug-likeness (QED) is 0.776. The van der Waals surface area contributed by atoms with Gasteiger partial charge in [-0.15, -0.1) is 0 Å². The van der Waals surface area contributed by atoms with Crippen molar-refractivity contribution in [2.75, 3.05) is 19.0 Å². The molecule has 0 fully saturated rings. The fourth-order valence-electron chi connectivity index (χ4n) is 1.47.